The van der Waals surface area contributed by atoms with E-state index in [0.29, 0.717) is 16.9 Å². The van der Waals surface area contributed by atoms with Crippen molar-refractivity contribution in [2.45, 2.75) is 12.8 Å². The Morgan fingerprint density at radius 3 is 2.96 bits per heavy atom. The number of hydrogen-bond acceptors (Lipinski definition) is 5. The second kappa shape index (κ2) is 5.49. The molecule has 7 heteroatoms. The van der Waals surface area contributed by atoms with E-state index < -0.39 is 0 Å². The maximum Gasteiger partial charge on any atom is 0.274 e. The molecule has 2 aromatic heterocycles. The van der Waals surface area contributed by atoms with Gasteiger partial charge >= 0.3 is 0 Å². The van der Waals surface area contributed by atoms with Crippen molar-refractivity contribution >= 4 is 34.4 Å². The SMILES string of the molecule is O=C(Nc1cccc2nsnc12)c1[nH]nc2c1CCc1ccccc1-2. The molecule has 2 N–H and O–H groups in total. The first-order valence-electron chi connectivity index (χ1n) is 7.99. The molecule has 2 aromatic carbocycles. The molecule has 5 rings (SSSR count). The highest BCUT2D eigenvalue weighted by Gasteiger charge is 2.25. The van der Waals surface area contributed by atoms with Crippen LogP contribution in [0.3, 0.4) is 0 Å². The maximum absolute atomic E-state index is 12.8. The first-order chi connectivity index (χ1) is 12.3. The lowest BCUT2D eigenvalue weighted by molar-refractivity contribution is 0.102. The van der Waals surface area contributed by atoms with Crippen LogP contribution in [-0.4, -0.2) is 24.9 Å². The fourth-order valence-corrected chi connectivity index (χ4v) is 3.89. The summed E-state index contributed by atoms with van der Waals surface area (Å²) in [6, 6.07) is 13.8. The molecule has 6 nitrogen and oxygen atoms in total. The lowest BCUT2D eigenvalue weighted by atomic mass is 9.89. The summed E-state index contributed by atoms with van der Waals surface area (Å²) in [5.41, 5.74) is 6.89. The Kier molecular flexibility index (Phi) is 3.14. The van der Waals surface area contributed by atoms with Gasteiger partial charge in [0, 0.05) is 11.1 Å². The number of nitrogens with zero attached hydrogens (tertiary/aromatic N) is 3. The Hall–Kier alpha value is -3.06. The fourth-order valence-electron chi connectivity index (χ4n) is 3.34. The van der Waals surface area contributed by atoms with E-state index in [2.05, 4.69) is 36.4 Å². The summed E-state index contributed by atoms with van der Waals surface area (Å²) < 4.78 is 8.46. The average Bonchev–Trinajstić information content (AvgIpc) is 3.29. The van der Waals surface area contributed by atoms with E-state index in [1.165, 1.54) is 5.56 Å². The number of aromatic amines is 1. The van der Waals surface area contributed by atoms with Gasteiger partial charge < -0.3 is 5.32 Å². The molecule has 0 saturated carbocycles. The third-order valence-electron chi connectivity index (χ3n) is 4.55. The zero-order valence-corrected chi connectivity index (χ0v) is 13.9. The van der Waals surface area contributed by atoms with Crippen molar-refractivity contribution in [1.29, 1.82) is 0 Å². The minimum Gasteiger partial charge on any atom is -0.319 e. The molecule has 1 amide bonds. The molecule has 0 unspecified atom stereocenters. The monoisotopic (exact) mass is 347 g/mol. The Labute approximate surface area is 147 Å². The third kappa shape index (κ3) is 2.24. The molecule has 0 radical (unpaired) electrons. The summed E-state index contributed by atoms with van der Waals surface area (Å²) in [6.45, 7) is 0. The number of carbonyl (C=O) groups is 1. The predicted octanol–water partition coefficient (Wildman–Crippen LogP) is 3.43. The first-order valence-corrected chi connectivity index (χ1v) is 8.72. The molecule has 1 aliphatic rings. The summed E-state index contributed by atoms with van der Waals surface area (Å²) >= 11 is 1.14. The molecular weight excluding hydrogens is 334 g/mol. The van der Waals surface area contributed by atoms with Crippen LogP contribution in [0.25, 0.3) is 22.3 Å². The number of fused-ring (bicyclic) bond motifs is 4. The van der Waals surface area contributed by atoms with Gasteiger partial charge in [-0.1, -0.05) is 30.3 Å². The number of H-pyrrole nitrogens is 1. The zero-order chi connectivity index (χ0) is 16.8. The summed E-state index contributed by atoms with van der Waals surface area (Å²) in [7, 11) is 0. The Morgan fingerprint density at radius 2 is 2.00 bits per heavy atom. The number of anilines is 1. The lowest BCUT2D eigenvalue weighted by Crippen LogP contribution is -2.16. The van der Waals surface area contributed by atoms with Gasteiger partial charge in [-0.05, 0) is 30.5 Å². The molecule has 122 valence electrons. The molecule has 0 aliphatic heterocycles. The molecule has 0 spiro atoms. The number of aryl methyl sites for hydroxylation is 1. The predicted molar refractivity (Wildman–Crippen MR) is 96.8 cm³/mol. The van der Waals surface area contributed by atoms with Crippen LogP contribution in [0.15, 0.2) is 42.5 Å². The van der Waals surface area contributed by atoms with Crippen molar-refractivity contribution in [3.05, 3.63) is 59.3 Å². The number of aromatic nitrogens is 4. The van der Waals surface area contributed by atoms with E-state index in [0.717, 1.165) is 46.9 Å². The van der Waals surface area contributed by atoms with Gasteiger partial charge in [-0.2, -0.15) is 13.8 Å². The molecule has 0 bridgehead atoms. The normalized spacial score (nSPS) is 12.6. The second-order valence-electron chi connectivity index (χ2n) is 5.97. The zero-order valence-electron chi connectivity index (χ0n) is 13.1. The molecule has 1 aliphatic carbocycles. The summed E-state index contributed by atoms with van der Waals surface area (Å²) in [4.78, 5) is 12.8. The van der Waals surface area contributed by atoms with Crippen LogP contribution in [-0.2, 0) is 12.8 Å². The second-order valence-corrected chi connectivity index (χ2v) is 6.50. The molecule has 0 saturated heterocycles. The van der Waals surface area contributed by atoms with E-state index in [1.54, 1.807) is 0 Å². The number of carbonyl (C=O) groups excluding carboxylic acids is 1. The van der Waals surface area contributed by atoms with Gasteiger partial charge in [-0.3, -0.25) is 9.89 Å². The van der Waals surface area contributed by atoms with E-state index in [4.69, 9.17) is 0 Å². The minimum absolute atomic E-state index is 0.200. The van der Waals surface area contributed by atoms with E-state index in [9.17, 15) is 4.79 Å². The van der Waals surface area contributed by atoms with E-state index in [-0.39, 0.29) is 5.91 Å². The summed E-state index contributed by atoms with van der Waals surface area (Å²) in [5, 5.41) is 10.3. The van der Waals surface area contributed by atoms with Crippen molar-refractivity contribution < 1.29 is 4.79 Å². The number of amides is 1. The highest BCUT2D eigenvalue weighted by atomic mass is 32.1. The highest BCUT2D eigenvalue weighted by molar-refractivity contribution is 7.00. The average molecular weight is 347 g/mol. The van der Waals surface area contributed by atoms with Crippen molar-refractivity contribution in [2.24, 2.45) is 0 Å². The number of benzene rings is 2. The van der Waals surface area contributed by atoms with Crippen LogP contribution < -0.4 is 5.32 Å². The molecule has 4 aromatic rings. The van der Waals surface area contributed by atoms with E-state index in [1.807, 2.05) is 30.3 Å². The Balaban J connectivity index is 1.52. The highest BCUT2D eigenvalue weighted by Crippen LogP contribution is 2.33. The van der Waals surface area contributed by atoms with Gasteiger partial charge in [0.15, 0.2) is 0 Å². The number of rotatable bonds is 2. The van der Waals surface area contributed by atoms with Crippen LogP contribution in [0.5, 0.6) is 0 Å². The van der Waals surface area contributed by atoms with Crippen molar-refractivity contribution in [3.8, 4) is 11.3 Å². The Morgan fingerprint density at radius 1 is 1.08 bits per heavy atom. The summed E-state index contributed by atoms with van der Waals surface area (Å²) in [6.07, 6.45) is 1.71. The topological polar surface area (TPSA) is 83.6 Å². The molecule has 25 heavy (non-hydrogen) atoms. The molecule has 0 atom stereocenters. The smallest absolute Gasteiger partial charge is 0.274 e. The van der Waals surface area contributed by atoms with Crippen LogP contribution in [0, 0.1) is 0 Å². The largest absolute Gasteiger partial charge is 0.319 e. The van der Waals surface area contributed by atoms with Crippen molar-refractivity contribution in [3.63, 3.8) is 0 Å². The maximum atomic E-state index is 12.8. The van der Waals surface area contributed by atoms with E-state index >= 15 is 0 Å². The van der Waals surface area contributed by atoms with Gasteiger partial charge in [-0.15, -0.1) is 0 Å². The van der Waals surface area contributed by atoms with Crippen molar-refractivity contribution in [2.75, 3.05) is 5.32 Å². The standard InChI is InChI=1S/C18H13N5OS/c24-18(19-13-6-3-7-14-17(13)23-25-22-14)16-12-9-8-10-4-1-2-5-11(10)15(12)20-21-16/h1-7H,8-9H2,(H,19,24)(H,20,21). The minimum atomic E-state index is -0.200. The van der Waals surface area contributed by atoms with Crippen LogP contribution >= 0.6 is 11.7 Å². The van der Waals surface area contributed by atoms with Crippen molar-refractivity contribution in [1.82, 2.24) is 18.9 Å². The molecule has 2 heterocycles. The molecule has 0 fully saturated rings. The van der Waals surface area contributed by atoms with Gasteiger partial charge in [0.05, 0.1) is 23.1 Å². The number of nitrogens with one attached hydrogen (secondary N) is 2. The van der Waals surface area contributed by atoms with Gasteiger partial charge in [0.1, 0.15) is 16.7 Å². The number of hydrogen-bond donors (Lipinski definition) is 2. The molecular formula is C18H13N5OS. The van der Waals surface area contributed by atoms with Gasteiger partial charge in [0.25, 0.3) is 5.91 Å². The van der Waals surface area contributed by atoms with Gasteiger partial charge in [-0.25, -0.2) is 0 Å². The lowest BCUT2D eigenvalue weighted by Gasteiger charge is -2.15. The van der Waals surface area contributed by atoms with Gasteiger partial charge in [0.2, 0.25) is 0 Å². The van der Waals surface area contributed by atoms with Crippen LogP contribution in [0.4, 0.5) is 5.69 Å². The quantitative estimate of drug-likeness (QED) is 0.582. The Bertz CT molecular complexity index is 1110. The van der Waals surface area contributed by atoms with Crippen LogP contribution in [0.1, 0.15) is 21.6 Å². The fraction of sp³-hybridized carbons (Fsp3) is 0.111. The van der Waals surface area contributed by atoms with Crippen LogP contribution in [0.2, 0.25) is 0 Å². The summed E-state index contributed by atoms with van der Waals surface area (Å²) in [5.74, 6) is -0.200. The first kappa shape index (κ1) is 14.3. The third-order valence-corrected chi connectivity index (χ3v) is 5.09.